The molecule has 3 nitrogen and oxygen atoms in total. The van der Waals surface area contributed by atoms with Crippen LogP contribution in [0.1, 0.15) is 11.1 Å². The Morgan fingerprint density at radius 3 is 2.20 bits per heavy atom. The van der Waals surface area contributed by atoms with Gasteiger partial charge in [0, 0.05) is 12.0 Å². The molecule has 0 spiro atoms. The summed E-state index contributed by atoms with van der Waals surface area (Å²) in [6, 6.07) is 19.3. The number of hydrogen-bond acceptors (Lipinski definition) is 3. The van der Waals surface area contributed by atoms with Crippen molar-refractivity contribution in [1.29, 1.82) is 0 Å². The maximum absolute atomic E-state index is 12.8. The number of carbonyl (C=O) groups excluding carboxylic acids is 1. The van der Waals surface area contributed by atoms with Gasteiger partial charge in [-0.15, -0.1) is 5.54 Å². The molecule has 1 atom stereocenters. The standard InChI is InChI=1S/C21H21NO2Si/c1-25(2,3)15-14-21(16-17-10-6-4-7-11-17)20(23)24-19(22-21)18-12-8-5-9-13-18/h4-13H,16H2,1-3H3. The van der Waals surface area contributed by atoms with E-state index in [2.05, 4.69) is 36.1 Å². The highest BCUT2D eigenvalue weighted by Gasteiger charge is 2.45. The van der Waals surface area contributed by atoms with Gasteiger partial charge in [0.15, 0.2) is 0 Å². The Kier molecular flexibility index (Phi) is 4.60. The Bertz CT molecular complexity index is 858. The van der Waals surface area contributed by atoms with Gasteiger partial charge in [-0.2, -0.15) is 0 Å². The molecule has 126 valence electrons. The van der Waals surface area contributed by atoms with Crippen molar-refractivity contribution >= 4 is 19.9 Å². The van der Waals surface area contributed by atoms with Crippen LogP contribution in [0.2, 0.25) is 19.6 Å². The topological polar surface area (TPSA) is 38.7 Å². The summed E-state index contributed by atoms with van der Waals surface area (Å²) in [4.78, 5) is 17.4. The maximum atomic E-state index is 12.8. The minimum absolute atomic E-state index is 0.353. The number of hydrogen-bond donors (Lipinski definition) is 0. The van der Waals surface area contributed by atoms with Crippen LogP contribution in [0.25, 0.3) is 0 Å². The fourth-order valence-electron chi connectivity index (χ4n) is 2.54. The van der Waals surface area contributed by atoms with E-state index in [1.54, 1.807) is 0 Å². The maximum Gasteiger partial charge on any atom is 0.353 e. The number of aliphatic imine (C=N–C) groups is 1. The van der Waals surface area contributed by atoms with Crippen molar-refractivity contribution in [3.8, 4) is 11.5 Å². The highest BCUT2D eigenvalue weighted by atomic mass is 28.3. The van der Waals surface area contributed by atoms with Crippen molar-refractivity contribution in [2.75, 3.05) is 0 Å². The van der Waals surface area contributed by atoms with Crippen molar-refractivity contribution in [3.63, 3.8) is 0 Å². The number of nitrogens with zero attached hydrogens (tertiary/aromatic N) is 1. The lowest BCUT2D eigenvalue weighted by molar-refractivity contribution is -0.137. The minimum Gasteiger partial charge on any atom is -0.405 e. The molecule has 2 aromatic carbocycles. The van der Waals surface area contributed by atoms with Crippen LogP contribution in [0.4, 0.5) is 0 Å². The van der Waals surface area contributed by atoms with Gasteiger partial charge in [-0.05, 0) is 17.7 Å². The van der Waals surface area contributed by atoms with Crippen molar-refractivity contribution < 1.29 is 9.53 Å². The van der Waals surface area contributed by atoms with E-state index < -0.39 is 13.6 Å². The fourth-order valence-corrected chi connectivity index (χ4v) is 3.12. The lowest BCUT2D eigenvalue weighted by Gasteiger charge is -2.16. The number of esters is 1. The molecule has 2 aromatic rings. The predicted octanol–water partition coefficient (Wildman–Crippen LogP) is 3.85. The molecule has 0 bridgehead atoms. The second-order valence-electron chi connectivity index (χ2n) is 7.20. The Balaban J connectivity index is 2.05. The number of benzene rings is 2. The lowest BCUT2D eigenvalue weighted by Crippen LogP contribution is -2.36. The highest BCUT2D eigenvalue weighted by molar-refractivity contribution is 6.83. The largest absolute Gasteiger partial charge is 0.405 e. The Morgan fingerprint density at radius 1 is 1.00 bits per heavy atom. The van der Waals surface area contributed by atoms with Crippen LogP contribution in [-0.2, 0) is 16.0 Å². The summed E-state index contributed by atoms with van der Waals surface area (Å²) in [6.45, 7) is 6.45. The van der Waals surface area contributed by atoms with Crippen molar-refractivity contribution in [2.24, 2.45) is 4.99 Å². The molecule has 1 unspecified atom stereocenters. The molecule has 0 aliphatic carbocycles. The third kappa shape index (κ3) is 4.07. The van der Waals surface area contributed by atoms with Crippen LogP contribution in [0, 0.1) is 11.5 Å². The van der Waals surface area contributed by atoms with Crippen LogP contribution in [-0.4, -0.2) is 25.5 Å². The molecule has 1 heterocycles. The van der Waals surface area contributed by atoms with E-state index in [1.165, 1.54) is 0 Å². The van der Waals surface area contributed by atoms with E-state index in [0.717, 1.165) is 11.1 Å². The first-order valence-corrected chi connectivity index (χ1v) is 11.8. The zero-order valence-electron chi connectivity index (χ0n) is 14.7. The van der Waals surface area contributed by atoms with Gasteiger partial charge in [0.1, 0.15) is 8.07 Å². The van der Waals surface area contributed by atoms with Gasteiger partial charge in [-0.1, -0.05) is 74.1 Å². The number of carbonyl (C=O) groups is 1. The molecule has 25 heavy (non-hydrogen) atoms. The molecular weight excluding hydrogens is 326 g/mol. The number of ether oxygens (including phenoxy) is 1. The summed E-state index contributed by atoms with van der Waals surface area (Å²) in [7, 11) is -1.66. The minimum atomic E-state index is -1.66. The monoisotopic (exact) mass is 347 g/mol. The fraction of sp³-hybridized carbons (Fsp3) is 0.238. The van der Waals surface area contributed by atoms with Gasteiger partial charge in [0.25, 0.3) is 0 Å². The first-order chi connectivity index (χ1) is 11.9. The summed E-state index contributed by atoms with van der Waals surface area (Å²) < 4.78 is 5.52. The molecule has 0 fully saturated rings. The summed E-state index contributed by atoms with van der Waals surface area (Å²) in [5.74, 6) is 3.15. The number of rotatable bonds is 3. The average molecular weight is 347 g/mol. The van der Waals surface area contributed by atoms with E-state index in [0.29, 0.717) is 12.3 Å². The van der Waals surface area contributed by atoms with Gasteiger partial charge in [-0.3, -0.25) is 0 Å². The quantitative estimate of drug-likeness (QED) is 0.480. The molecule has 1 aliphatic rings. The average Bonchev–Trinajstić information content (AvgIpc) is 2.91. The zero-order valence-corrected chi connectivity index (χ0v) is 15.7. The van der Waals surface area contributed by atoms with E-state index >= 15 is 0 Å². The molecule has 4 heteroatoms. The van der Waals surface area contributed by atoms with Gasteiger partial charge in [0.05, 0.1) is 0 Å². The van der Waals surface area contributed by atoms with E-state index in [4.69, 9.17) is 4.74 Å². The van der Waals surface area contributed by atoms with Crippen LogP contribution in [0.15, 0.2) is 65.7 Å². The Hall–Kier alpha value is -2.64. The smallest absolute Gasteiger partial charge is 0.353 e. The summed E-state index contributed by atoms with van der Waals surface area (Å²) >= 11 is 0. The molecule has 0 aromatic heterocycles. The molecule has 0 N–H and O–H groups in total. The second kappa shape index (κ2) is 6.70. The molecule has 0 amide bonds. The molecule has 1 aliphatic heterocycles. The van der Waals surface area contributed by atoms with Crippen LogP contribution in [0.5, 0.6) is 0 Å². The summed E-state index contributed by atoms with van der Waals surface area (Å²) in [6.07, 6.45) is 0.417. The van der Waals surface area contributed by atoms with Crippen molar-refractivity contribution in [2.45, 2.75) is 31.6 Å². The SMILES string of the molecule is C[Si](C)(C)C#CC1(Cc2ccccc2)N=C(c2ccccc2)OC1=O. The molecule has 0 saturated carbocycles. The Morgan fingerprint density at radius 2 is 1.60 bits per heavy atom. The molecule has 3 rings (SSSR count). The third-order valence-corrected chi connectivity index (χ3v) is 4.66. The molecule has 0 radical (unpaired) electrons. The zero-order chi connectivity index (χ0) is 17.9. The third-order valence-electron chi connectivity index (χ3n) is 3.79. The molecular formula is C21H21NO2Si. The van der Waals surface area contributed by atoms with Crippen molar-refractivity contribution in [3.05, 3.63) is 71.8 Å². The normalized spacial score (nSPS) is 19.6. The van der Waals surface area contributed by atoms with Gasteiger partial charge in [-0.25, -0.2) is 9.79 Å². The molecule has 0 saturated heterocycles. The second-order valence-corrected chi connectivity index (χ2v) is 11.9. The van der Waals surface area contributed by atoms with E-state index in [9.17, 15) is 4.79 Å². The van der Waals surface area contributed by atoms with Gasteiger partial charge >= 0.3 is 5.97 Å². The summed E-state index contributed by atoms with van der Waals surface area (Å²) in [5, 5.41) is 0. The number of cyclic esters (lactones) is 1. The Labute approximate surface area is 149 Å². The van der Waals surface area contributed by atoms with E-state index in [1.807, 2.05) is 60.7 Å². The first kappa shape index (κ1) is 17.2. The van der Waals surface area contributed by atoms with Crippen molar-refractivity contribution in [1.82, 2.24) is 0 Å². The van der Waals surface area contributed by atoms with Gasteiger partial charge in [0.2, 0.25) is 11.4 Å². The highest BCUT2D eigenvalue weighted by Crippen LogP contribution is 2.27. The lowest BCUT2D eigenvalue weighted by atomic mass is 9.93. The predicted molar refractivity (Wildman–Crippen MR) is 103 cm³/mol. The van der Waals surface area contributed by atoms with Crippen LogP contribution in [0.3, 0.4) is 0 Å². The van der Waals surface area contributed by atoms with Crippen LogP contribution >= 0.6 is 0 Å². The van der Waals surface area contributed by atoms with E-state index in [-0.39, 0.29) is 5.97 Å². The van der Waals surface area contributed by atoms with Gasteiger partial charge < -0.3 is 4.74 Å². The first-order valence-electron chi connectivity index (χ1n) is 8.34. The van der Waals surface area contributed by atoms with Crippen LogP contribution < -0.4 is 0 Å². The summed E-state index contributed by atoms with van der Waals surface area (Å²) in [5.41, 5.74) is 3.96.